The fourth-order valence-electron chi connectivity index (χ4n) is 1.86. The molecular formula is C15H18N2O4S. The number of anilines is 1. The van der Waals surface area contributed by atoms with Gasteiger partial charge >= 0.3 is 0 Å². The highest BCUT2D eigenvalue weighted by Crippen LogP contribution is 2.23. The number of amides is 1. The molecule has 0 aliphatic rings. The van der Waals surface area contributed by atoms with Crippen molar-refractivity contribution < 1.29 is 18.3 Å². The van der Waals surface area contributed by atoms with Crippen molar-refractivity contribution in [3.8, 4) is 5.75 Å². The van der Waals surface area contributed by atoms with E-state index in [0.717, 1.165) is 0 Å². The van der Waals surface area contributed by atoms with Crippen molar-refractivity contribution >= 4 is 22.4 Å². The van der Waals surface area contributed by atoms with Crippen LogP contribution in [-0.4, -0.2) is 27.6 Å². The molecule has 2 aromatic rings. The van der Waals surface area contributed by atoms with E-state index in [-0.39, 0.29) is 11.7 Å². The van der Waals surface area contributed by atoms with E-state index < -0.39 is 16.0 Å². The molecule has 0 saturated carbocycles. The van der Waals surface area contributed by atoms with Crippen LogP contribution in [0.3, 0.4) is 0 Å². The van der Waals surface area contributed by atoms with Crippen LogP contribution < -0.4 is 10.1 Å². The smallest absolute Gasteiger partial charge is 0.239 e. The molecule has 0 aliphatic heterocycles. The quantitative estimate of drug-likeness (QED) is 0.882. The van der Waals surface area contributed by atoms with Crippen molar-refractivity contribution in [1.82, 2.24) is 5.16 Å². The molecule has 1 heterocycles. The minimum Gasteiger partial charge on any atom is -0.495 e. The fraction of sp³-hybridized carbons (Fsp3) is 0.333. The Kier molecular flexibility index (Phi) is 5.32. The highest BCUT2D eigenvalue weighted by atomic mass is 32.2. The number of benzene rings is 1. The van der Waals surface area contributed by atoms with E-state index in [1.165, 1.54) is 7.11 Å². The summed E-state index contributed by atoms with van der Waals surface area (Å²) in [5, 5.41) is 5.84. The summed E-state index contributed by atoms with van der Waals surface area (Å²) >= 11 is 0. The van der Waals surface area contributed by atoms with Gasteiger partial charge in [-0.1, -0.05) is 17.3 Å². The van der Waals surface area contributed by atoms with Gasteiger partial charge in [0.2, 0.25) is 5.91 Å². The van der Waals surface area contributed by atoms with Gasteiger partial charge in [0, 0.05) is 16.9 Å². The second kappa shape index (κ2) is 7.22. The molecule has 0 spiro atoms. The van der Waals surface area contributed by atoms with Crippen LogP contribution in [0, 0.1) is 6.92 Å². The molecule has 1 aromatic carbocycles. The molecule has 6 nitrogen and oxygen atoms in total. The topological polar surface area (TPSA) is 81.4 Å². The highest BCUT2D eigenvalue weighted by molar-refractivity contribution is 7.85. The summed E-state index contributed by atoms with van der Waals surface area (Å²) in [5.41, 5.74) is 1.13. The maximum atomic E-state index is 12.2. The minimum absolute atomic E-state index is 0.178. The number of hydrogen-bond donors (Lipinski definition) is 1. The predicted molar refractivity (Wildman–Crippen MR) is 84.2 cm³/mol. The standard InChI is InChI=1S/C15H18N2O4S/c1-10-8-12(17-21-10)9-22(19)11(2)15(18)16-13-6-4-5-7-14(13)20-3/h4-8,11H,9H2,1-3H3,(H,16,18)/t11-,22+/m0/s1. The first-order chi connectivity index (χ1) is 10.5. The Morgan fingerprint density at radius 3 is 2.82 bits per heavy atom. The molecule has 7 heteroatoms. The molecule has 2 rings (SSSR count). The number of rotatable bonds is 6. The Morgan fingerprint density at radius 1 is 1.45 bits per heavy atom. The Balaban J connectivity index is 2.00. The van der Waals surface area contributed by atoms with Gasteiger partial charge in [-0.3, -0.25) is 9.00 Å². The summed E-state index contributed by atoms with van der Waals surface area (Å²) in [6.07, 6.45) is 0. The van der Waals surface area contributed by atoms with Gasteiger partial charge in [0.1, 0.15) is 16.8 Å². The summed E-state index contributed by atoms with van der Waals surface area (Å²) in [7, 11) is 0.137. The van der Waals surface area contributed by atoms with Crippen LogP contribution in [0.5, 0.6) is 5.75 Å². The van der Waals surface area contributed by atoms with Gasteiger partial charge in [-0.15, -0.1) is 0 Å². The van der Waals surface area contributed by atoms with Crippen molar-refractivity contribution in [2.75, 3.05) is 12.4 Å². The molecule has 118 valence electrons. The lowest BCUT2D eigenvalue weighted by atomic mass is 10.3. The molecule has 22 heavy (non-hydrogen) atoms. The maximum Gasteiger partial charge on any atom is 0.239 e. The normalized spacial score (nSPS) is 13.4. The Morgan fingerprint density at radius 2 is 2.18 bits per heavy atom. The van der Waals surface area contributed by atoms with Crippen LogP contribution in [0.1, 0.15) is 18.4 Å². The minimum atomic E-state index is -1.39. The Labute approximate surface area is 131 Å². The first kappa shape index (κ1) is 16.2. The summed E-state index contributed by atoms with van der Waals surface area (Å²) in [6, 6.07) is 8.78. The fourth-order valence-corrected chi connectivity index (χ4v) is 2.83. The molecule has 2 atom stereocenters. The van der Waals surface area contributed by atoms with Crippen LogP contribution in [-0.2, 0) is 21.3 Å². The SMILES string of the molecule is COc1ccccc1NC(=O)[C@H](C)[S@](=O)Cc1cc(C)on1. The van der Waals surface area contributed by atoms with Crippen molar-refractivity contribution in [1.29, 1.82) is 0 Å². The third-order valence-corrected chi connectivity index (χ3v) is 4.68. The van der Waals surface area contributed by atoms with E-state index in [4.69, 9.17) is 9.26 Å². The average molecular weight is 322 g/mol. The van der Waals surface area contributed by atoms with Crippen LogP contribution in [0.2, 0.25) is 0 Å². The summed E-state index contributed by atoms with van der Waals surface area (Å²) < 4.78 is 22.3. The van der Waals surface area contributed by atoms with E-state index in [2.05, 4.69) is 10.5 Å². The largest absolute Gasteiger partial charge is 0.495 e. The predicted octanol–water partition coefficient (Wildman–Crippen LogP) is 2.27. The zero-order valence-corrected chi connectivity index (χ0v) is 13.5. The van der Waals surface area contributed by atoms with Gasteiger partial charge in [0.25, 0.3) is 0 Å². The summed E-state index contributed by atoms with van der Waals surface area (Å²) in [5.74, 6) is 1.06. The number of nitrogens with zero attached hydrogens (tertiary/aromatic N) is 1. The highest BCUT2D eigenvalue weighted by Gasteiger charge is 2.22. The van der Waals surface area contributed by atoms with Gasteiger partial charge in [-0.05, 0) is 26.0 Å². The lowest BCUT2D eigenvalue weighted by molar-refractivity contribution is -0.115. The molecule has 0 aliphatic carbocycles. The lowest BCUT2D eigenvalue weighted by Gasteiger charge is -2.13. The second-order valence-electron chi connectivity index (χ2n) is 4.79. The maximum absolute atomic E-state index is 12.2. The van der Waals surface area contributed by atoms with E-state index >= 15 is 0 Å². The number of aryl methyl sites for hydroxylation is 1. The number of ether oxygens (including phenoxy) is 1. The van der Waals surface area contributed by atoms with Crippen LogP contribution in [0.25, 0.3) is 0 Å². The number of para-hydroxylation sites is 2. The number of carbonyl (C=O) groups is 1. The van der Waals surface area contributed by atoms with E-state index in [0.29, 0.717) is 22.9 Å². The molecule has 1 aromatic heterocycles. The third kappa shape index (κ3) is 3.94. The van der Waals surface area contributed by atoms with Gasteiger partial charge < -0.3 is 14.6 Å². The van der Waals surface area contributed by atoms with Crippen molar-refractivity contribution in [3.05, 3.63) is 41.8 Å². The molecule has 0 fully saturated rings. The van der Waals surface area contributed by atoms with Crippen molar-refractivity contribution in [3.63, 3.8) is 0 Å². The Hall–Kier alpha value is -2.15. The van der Waals surface area contributed by atoms with Crippen molar-refractivity contribution in [2.24, 2.45) is 0 Å². The van der Waals surface area contributed by atoms with E-state index in [9.17, 15) is 9.00 Å². The zero-order valence-electron chi connectivity index (χ0n) is 12.7. The molecule has 1 N–H and O–H groups in total. The first-order valence-corrected chi connectivity index (χ1v) is 8.12. The summed E-state index contributed by atoms with van der Waals surface area (Å²) in [6.45, 7) is 3.38. The number of carbonyl (C=O) groups excluding carboxylic acids is 1. The monoisotopic (exact) mass is 322 g/mol. The molecule has 0 bridgehead atoms. The van der Waals surface area contributed by atoms with Gasteiger partial charge in [-0.2, -0.15) is 0 Å². The Bertz CT molecular complexity index is 684. The number of hydrogen-bond acceptors (Lipinski definition) is 5. The van der Waals surface area contributed by atoms with E-state index in [1.807, 2.05) is 6.07 Å². The number of methoxy groups -OCH3 is 1. The van der Waals surface area contributed by atoms with Gasteiger partial charge in [0.05, 0.1) is 24.2 Å². The lowest BCUT2D eigenvalue weighted by Crippen LogP contribution is -2.30. The molecular weight excluding hydrogens is 304 g/mol. The van der Waals surface area contributed by atoms with Crippen LogP contribution in [0.4, 0.5) is 5.69 Å². The zero-order chi connectivity index (χ0) is 16.1. The molecule has 0 radical (unpaired) electrons. The molecule has 0 saturated heterocycles. The van der Waals surface area contributed by atoms with Gasteiger partial charge in [-0.25, -0.2) is 0 Å². The van der Waals surface area contributed by atoms with E-state index in [1.54, 1.807) is 38.1 Å². The van der Waals surface area contributed by atoms with Gasteiger partial charge in [0.15, 0.2) is 0 Å². The van der Waals surface area contributed by atoms with Crippen molar-refractivity contribution in [2.45, 2.75) is 24.9 Å². The van der Waals surface area contributed by atoms with Crippen LogP contribution >= 0.6 is 0 Å². The molecule has 1 amide bonds. The third-order valence-electron chi connectivity index (χ3n) is 3.10. The second-order valence-corrected chi connectivity index (χ2v) is 6.54. The summed E-state index contributed by atoms with van der Waals surface area (Å²) in [4.78, 5) is 12.2. The van der Waals surface area contributed by atoms with Crippen LogP contribution in [0.15, 0.2) is 34.9 Å². The molecule has 0 unspecified atom stereocenters. The first-order valence-electron chi connectivity index (χ1n) is 6.74. The number of nitrogens with one attached hydrogen (secondary N) is 1. The average Bonchev–Trinajstić information content (AvgIpc) is 2.92. The number of aromatic nitrogens is 1.